The van der Waals surface area contributed by atoms with Crippen molar-refractivity contribution in [3.8, 4) is 0 Å². The van der Waals surface area contributed by atoms with E-state index in [0.717, 1.165) is 28.7 Å². The zero-order chi connectivity index (χ0) is 19.1. The molecule has 1 aliphatic rings. The Labute approximate surface area is 160 Å². The number of carbonyl (C=O) groups excluding carboxylic acids is 1. The normalized spacial score (nSPS) is 16.3. The van der Waals surface area contributed by atoms with E-state index in [1.54, 1.807) is 29.4 Å². The van der Waals surface area contributed by atoms with Gasteiger partial charge >= 0.3 is 0 Å². The number of hydrogen-bond acceptors (Lipinski definition) is 3. The summed E-state index contributed by atoms with van der Waals surface area (Å²) in [7, 11) is 0. The van der Waals surface area contributed by atoms with Gasteiger partial charge in [0, 0.05) is 6.54 Å². The smallest absolute Gasteiger partial charge is 0.274 e. The van der Waals surface area contributed by atoms with Gasteiger partial charge in [0.2, 0.25) is 0 Å². The first-order valence-corrected chi connectivity index (χ1v) is 9.19. The molecule has 0 unspecified atom stereocenters. The molecule has 1 fully saturated rings. The molecule has 5 rings (SSSR count). The van der Waals surface area contributed by atoms with Crippen LogP contribution in [0, 0.1) is 5.82 Å². The Kier molecular flexibility index (Phi) is 3.93. The molecular weight excluding hydrogens is 357 g/mol. The molecular formula is C21H18FN5O. The molecule has 1 atom stereocenters. The van der Waals surface area contributed by atoms with Crippen LogP contribution in [-0.2, 0) is 6.54 Å². The molecule has 2 aromatic heterocycles. The van der Waals surface area contributed by atoms with Crippen LogP contribution >= 0.6 is 0 Å². The molecule has 0 radical (unpaired) electrons. The minimum atomic E-state index is -0.273. The summed E-state index contributed by atoms with van der Waals surface area (Å²) < 4.78 is 15.2. The quantitative estimate of drug-likeness (QED) is 0.593. The average Bonchev–Trinajstić information content (AvgIpc) is 3.31. The second-order valence-electron chi connectivity index (χ2n) is 6.99. The highest BCUT2D eigenvalue weighted by molar-refractivity contribution is 5.93. The SMILES string of the molecule is O=C(c1cc(Cn2cnc3ccccc32)[nH]n1)N1CC[C@@H]1c1ccc(F)cc1. The lowest BCUT2D eigenvalue weighted by atomic mass is 9.94. The van der Waals surface area contributed by atoms with Gasteiger partial charge in [-0.05, 0) is 42.3 Å². The number of nitrogens with zero attached hydrogens (tertiary/aromatic N) is 4. The molecule has 7 heteroatoms. The molecule has 0 aliphatic carbocycles. The highest BCUT2D eigenvalue weighted by Gasteiger charge is 2.34. The van der Waals surface area contributed by atoms with Gasteiger partial charge < -0.3 is 9.47 Å². The van der Waals surface area contributed by atoms with E-state index in [0.29, 0.717) is 18.8 Å². The Balaban J connectivity index is 1.33. The minimum absolute atomic E-state index is 0.0224. The number of rotatable bonds is 4. The molecule has 0 bridgehead atoms. The van der Waals surface area contributed by atoms with Crippen LogP contribution in [0.2, 0.25) is 0 Å². The van der Waals surface area contributed by atoms with E-state index < -0.39 is 0 Å². The lowest BCUT2D eigenvalue weighted by Gasteiger charge is -2.41. The predicted octanol–water partition coefficient (Wildman–Crippen LogP) is 3.53. The van der Waals surface area contributed by atoms with Crippen molar-refractivity contribution in [2.45, 2.75) is 19.0 Å². The maximum absolute atomic E-state index is 13.1. The first kappa shape index (κ1) is 16.7. The number of H-pyrrole nitrogens is 1. The van der Waals surface area contributed by atoms with E-state index in [1.807, 2.05) is 28.8 Å². The lowest BCUT2D eigenvalue weighted by molar-refractivity contribution is 0.0454. The molecule has 1 aliphatic heterocycles. The highest BCUT2D eigenvalue weighted by atomic mass is 19.1. The molecule has 4 aromatic rings. The lowest BCUT2D eigenvalue weighted by Crippen LogP contribution is -2.45. The van der Waals surface area contributed by atoms with Gasteiger partial charge in [-0.25, -0.2) is 9.37 Å². The van der Waals surface area contributed by atoms with Crippen molar-refractivity contribution >= 4 is 16.9 Å². The third-order valence-electron chi connectivity index (χ3n) is 5.25. The molecule has 1 N–H and O–H groups in total. The van der Waals surface area contributed by atoms with Crippen molar-refractivity contribution in [2.24, 2.45) is 0 Å². The van der Waals surface area contributed by atoms with Crippen LogP contribution in [0.1, 0.15) is 34.2 Å². The van der Waals surface area contributed by atoms with Crippen molar-refractivity contribution < 1.29 is 9.18 Å². The number of halogens is 1. The second-order valence-corrected chi connectivity index (χ2v) is 6.99. The van der Waals surface area contributed by atoms with Crippen molar-refractivity contribution in [1.82, 2.24) is 24.6 Å². The molecule has 0 saturated carbocycles. The van der Waals surface area contributed by atoms with E-state index >= 15 is 0 Å². The van der Waals surface area contributed by atoms with Gasteiger partial charge in [-0.3, -0.25) is 9.89 Å². The van der Waals surface area contributed by atoms with E-state index in [4.69, 9.17) is 0 Å². The monoisotopic (exact) mass is 375 g/mol. The van der Waals surface area contributed by atoms with Gasteiger partial charge in [0.1, 0.15) is 11.5 Å². The molecule has 140 valence electrons. The fourth-order valence-electron chi connectivity index (χ4n) is 3.68. The number of aromatic amines is 1. The number of likely N-dealkylation sites (tertiary alicyclic amines) is 1. The molecule has 1 saturated heterocycles. The number of hydrogen-bond donors (Lipinski definition) is 1. The summed E-state index contributed by atoms with van der Waals surface area (Å²) in [4.78, 5) is 19.0. The third-order valence-corrected chi connectivity index (χ3v) is 5.25. The van der Waals surface area contributed by atoms with E-state index in [9.17, 15) is 9.18 Å². The number of para-hydroxylation sites is 2. The van der Waals surface area contributed by atoms with Crippen molar-refractivity contribution in [2.75, 3.05) is 6.54 Å². The average molecular weight is 375 g/mol. The Hall–Kier alpha value is -3.48. The van der Waals surface area contributed by atoms with Crippen LogP contribution < -0.4 is 0 Å². The van der Waals surface area contributed by atoms with E-state index in [-0.39, 0.29) is 17.8 Å². The number of carbonyl (C=O) groups is 1. The zero-order valence-electron chi connectivity index (χ0n) is 15.0. The van der Waals surface area contributed by atoms with Crippen molar-refractivity contribution in [3.63, 3.8) is 0 Å². The highest BCUT2D eigenvalue weighted by Crippen LogP contribution is 2.34. The van der Waals surface area contributed by atoms with Gasteiger partial charge in [-0.1, -0.05) is 24.3 Å². The summed E-state index contributed by atoms with van der Waals surface area (Å²) in [5.41, 5.74) is 4.14. The van der Waals surface area contributed by atoms with Gasteiger partial charge in [0.25, 0.3) is 5.91 Å². The topological polar surface area (TPSA) is 66.8 Å². The molecule has 28 heavy (non-hydrogen) atoms. The summed E-state index contributed by atoms with van der Waals surface area (Å²) >= 11 is 0. The van der Waals surface area contributed by atoms with Crippen molar-refractivity contribution in [3.05, 3.63) is 83.7 Å². The predicted molar refractivity (Wildman–Crippen MR) is 102 cm³/mol. The summed E-state index contributed by atoms with van der Waals surface area (Å²) in [5.74, 6) is -0.386. The number of amides is 1. The standard InChI is InChI=1S/C21H18FN5O/c22-15-7-5-14(6-8-15)19-9-10-27(19)21(28)18-11-16(24-25-18)12-26-13-23-17-3-1-2-4-20(17)26/h1-8,11,13,19H,9-10,12H2,(H,24,25)/t19-/m1/s1. The van der Waals surface area contributed by atoms with Gasteiger partial charge in [0.15, 0.2) is 0 Å². The minimum Gasteiger partial charge on any atom is -0.330 e. The van der Waals surface area contributed by atoms with E-state index in [1.165, 1.54) is 12.1 Å². The second kappa shape index (κ2) is 6.60. The first-order valence-electron chi connectivity index (χ1n) is 9.19. The molecule has 1 amide bonds. The number of aromatic nitrogens is 4. The van der Waals surface area contributed by atoms with Crippen LogP contribution in [0.3, 0.4) is 0 Å². The molecule has 2 aromatic carbocycles. The Morgan fingerprint density at radius 3 is 2.79 bits per heavy atom. The molecule has 3 heterocycles. The Bertz CT molecular complexity index is 1150. The Morgan fingerprint density at radius 1 is 1.18 bits per heavy atom. The number of fused-ring (bicyclic) bond motifs is 1. The summed E-state index contributed by atoms with van der Waals surface area (Å²) in [5, 5.41) is 7.17. The largest absolute Gasteiger partial charge is 0.330 e. The maximum atomic E-state index is 13.1. The number of imidazole rings is 1. The van der Waals surface area contributed by atoms with E-state index in [2.05, 4.69) is 15.2 Å². The van der Waals surface area contributed by atoms with Crippen LogP contribution in [0.15, 0.2) is 60.9 Å². The molecule has 0 spiro atoms. The first-order chi connectivity index (χ1) is 13.7. The fourth-order valence-corrected chi connectivity index (χ4v) is 3.68. The van der Waals surface area contributed by atoms with Crippen LogP contribution in [0.25, 0.3) is 11.0 Å². The summed E-state index contributed by atoms with van der Waals surface area (Å²) in [6.45, 7) is 1.23. The van der Waals surface area contributed by atoms with Gasteiger partial charge in [-0.15, -0.1) is 0 Å². The fraction of sp³-hybridized carbons (Fsp3) is 0.190. The zero-order valence-corrected chi connectivity index (χ0v) is 15.0. The maximum Gasteiger partial charge on any atom is 0.274 e. The van der Waals surface area contributed by atoms with Crippen molar-refractivity contribution in [1.29, 1.82) is 0 Å². The summed E-state index contributed by atoms with van der Waals surface area (Å²) in [6.07, 6.45) is 2.66. The summed E-state index contributed by atoms with van der Waals surface area (Å²) in [6, 6.07) is 16.0. The van der Waals surface area contributed by atoms with Crippen LogP contribution in [0.4, 0.5) is 4.39 Å². The van der Waals surface area contributed by atoms with Crippen LogP contribution in [0.5, 0.6) is 0 Å². The van der Waals surface area contributed by atoms with Crippen LogP contribution in [-0.4, -0.2) is 37.1 Å². The molecule has 6 nitrogen and oxygen atoms in total. The van der Waals surface area contributed by atoms with Gasteiger partial charge in [-0.2, -0.15) is 5.10 Å². The van der Waals surface area contributed by atoms with Gasteiger partial charge in [0.05, 0.1) is 35.6 Å². The number of nitrogens with one attached hydrogen (secondary N) is 1. The third kappa shape index (κ3) is 2.85. The Morgan fingerprint density at radius 2 is 2.00 bits per heavy atom. The number of benzene rings is 2.